The monoisotopic (exact) mass is 382 g/mol. The van der Waals surface area contributed by atoms with Crippen molar-refractivity contribution in [1.29, 1.82) is 0 Å². The number of aryl methyl sites for hydroxylation is 1. The molecule has 5 nitrogen and oxygen atoms in total. The number of H-pyrrole nitrogens is 1. The van der Waals surface area contributed by atoms with Crippen LogP contribution in [0.5, 0.6) is 0 Å². The van der Waals surface area contributed by atoms with Gasteiger partial charge in [-0.15, -0.1) is 0 Å². The molecule has 2 heterocycles. The van der Waals surface area contributed by atoms with Gasteiger partial charge in [-0.25, -0.2) is 0 Å². The summed E-state index contributed by atoms with van der Waals surface area (Å²) in [6, 6.07) is 23.0. The van der Waals surface area contributed by atoms with Crippen LogP contribution in [0.4, 0.5) is 5.69 Å². The molecule has 4 aromatic rings. The Morgan fingerprint density at radius 2 is 1.69 bits per heavy atom. The van der Waals surface area contributed by atoms with Crippen molar-refractivity contribution in [1.82, 2.24) is 15.2 Å². The molecule has 0 aliphatic carbocycles. The number of ketones is 1. The van der Waals surface area contributed by atoms with Gasteiger partial charge in [-0.1, -0.05) is 48.5 Å². The van der Waals surface area contributed by atoms with Crippen molar-refractivity contribution in [2.75, 3.05) is 5.73 Å². The van der Waals surface area contributed by atoms with E-state index in [4.69, 9.17) is 5.73 Å². The zero-order chi connectivity index (χ0) is 20.1. The summed E-state index contributed by atoms with van der Waals surface area (Å²) in [5, 5.41) is 7.46. The van der Waals surface area contributed by atoms with Crippen LogP contribution in [0.15, 0.2) is 79.0 Å². The highest BCUT2D eigenvalue weighted by atomic mass is 16.1. The van der Waals surface area contributed by atoms with Crippen molar-refractivity contribution in [3.05, 3.63) is 90.3 Å². The first-order chi connectivity index (χ1) is 14.2. The number of Topliss-reactive ketones (excluding diaryl/α,β-unsaturated/α-hetero) is 1. The van der Waals surface area contributed by atoms with Crippen molar-refractivity contribution in [2.45, 2.75) is 19.3 Å². The van der Waals surface area contributed by atoms with E-state index in [0.29, 0.717) is 17.7 Å². The Morgan fingerprint density at radius 3 is 2.48 bits per heavy atom. The zero-order valence-corrected chi connectivity index (χ0v) is 16.0. The molecule has 5 heteroatoms. The van der Waals surface area contributed by atoms with Gasteiger partial charge in [0, 0.05) is 40.7 Å². The van der Waals surface area contributed by atoms with Gasteiger partial charge in [0.25, 0.3) is 0 Å². The number of carbonyl (C=O) groups excluding carboxylic acids is 1. The molecule has 0 fully saturated rings. The standard InChI is InChI=1S/C24H22N4O/c25-21-13-4-3-12-20(21)23-16-22(27-28-23)18-10-1-2-11-19(18)24(29)14-7-9-17-8-5-6-15-26-17/h1-6,8,10-13,15-16H,7,9,14,25H2,(H,27,28). The number of nitrogens with two attached hydrogens (primary N) is 1. The fourth-order valence-electron chi connectivity index (χ4n) is 3.40. The summed E-state index contributed by atoms with van der Waals surface area (Å²) in [4.78, 5) is 17.2. The molecule has 0 spiro atoms. The number of hydrogen-bond donors (Lipinski definition) is 2. The molecule has 3 N–H and O–H groups in total. The van der Waals surface area contributed by atoms with Crippen molar-refractivity contribution in [2.24, 2.45) is 0 Å². The number of aromatic nitrogens is 3. The van der Waals surface area contributed by atoms with Crippen molar-refractivity contribution < 1.29 is 4.79 Å². The Balaban J connectivity index is 1.53. The number of hydrogen-bond acceptors (Lipinski definition) is 4. The van der Waals surface area contributed by atoms with Gasteiger partial charge in [0.15, 0.2) is 5.78 Å². The van der Waals surface area contributed by atoms with Crippen LogP contribution in [0.2, 0.25) is 0 Å². The lowest BCUT2D eigenvalue weighted by Crippen LogP contribution is -2.03. The number of para-hydroxylation sites is 1. The number of nitrogens with one attached hydrogen (secondary N) is 1. The van der Waals surface area contributed by atoms with Gasteiger partial charge >= 0.3 is 0 Å². The van der Waals surface area contributed by atoms with Gasteiger partial charge in [0.2, 0.25) is 0 Å². The van der Waals surface area contributed by atoms with Crippen LogP contribution in [-0.2, 0) is 6.42 Å². The number of pyridine rings is 1. The fourth-order valence-corrected chi connectivity index (χ4v) is 3.40. The Bertz CT molecular complexity index is 1120. The average molecular weight is 382 g/mol. The van der Waals surface area contributed by atoms with E-state index in [1.54, 1.807) is 6.20 Å². The summed E-state index contributed by atoms with van der Waals surface area (Å²) in [5.74, 6) is 0.118. The molecule has 4 rings (SSSR count). The maximum Gasteiger partial charge on any atom is 0.163 e. The molecule has 29 heavy (non-hydrogen) atoms. The van der Waals surface area contributed by atoms with Gasteiger partial charge in [0.05, 0.1) is 11.4 Å². The Morgan fingerprint density at radius 1 is 0.931 bits per heavy atom. The van der Waals surface area contributed by atoms with E-state index in [1.807, 2.05) is 72.8 Å². The second-order valence-corrected chi connectivity index (χ2v) is 6.90. The second-order valence-electron chi connectivity index (χ2n) is 6.90. The summed E-state index contributed by atoms with van der Waals surface area (Å²) in [5.41, 5.74) is 11.7. The summed E-state index contributed by atoms with van der Waals surface area (Å²) in [6.07, 6.45) is 3.80. The second kappa shape index (κ2) is 8.52. The summed E-state index contributed by atoms with van der Waals surface area (Å²) in [7, 11) is 0. The molecule has 0 aliphatic heterocycles. The highest BCUT2D eigenvalue weighted by Gasteiger charge is 2.15. The topological polar surface area (TPSA) is 84.7 Å². The molecule has 0 aliphatic rings. The first kappa shape index (κ1) is 18.6. The Kier molecular flexibility index (Phi) is 5.47. The van der Waals surface area contributed by atoms with Gasteiger partial charge in [-0.05, 0) is 37.1 Å². The third-order valence-electron chi connectivity index (χ3n) is 4.90. The van der Waals surface area contributed by atoms with Crippen LogP contribution < -0.4 is 5.73 Å². The number of anilines is 1. The summed E-state index contributed by atoms with van der Waals surface area (Å²) < 4.78 is 0. The van der Waals surface area contributed by atoms with Crippen molar-refractivity contribution in [3.63, 3.8) is 0 Å². The van der Waals surface area contributed by atoms with E-state index in [1.165, 1.54) is 0 Å². The molecule has 0 saturated carbocycles. The molecular formula is C24H22N4O. The van der Waals surface area contributed by atoms with E-state index in [0.717, 1.165) is 41.1 Å². The number of nitrogen functional groups attached to an aromatic ring is 1. The van der Waals surface area contributed by atoms with Crippen LogP contribution in [0, 0.1) is 0 Å². The first-order valence-electron chi connectivity index (χ1n) is 9.65. The lowest BCUT2D eigenvalue weighted by Gasteiger charge is -2.07. The van der Waals surface area contributed by atoms with E-state index in [-0.39, 0.29) is 5.78 Å². The summed E-state index contributed by atoms with van der Waals surface area (Å²) >= 11 is 0. The van der Waals surface area contributed by atoms with Gasteiger partial charge in [-0.2, -0.15) is 5.10 Å². The van der Waals surface area contributed by atoms with Crippen LogP contribution in [0.1, 0.15) is 28.9 Å². The molecule has 0 saturated heterocycles. The smallest absolute Gasteiger partial charge is 0.163 e. The van der Waals surface area contributed by atoms with E-state index in [2.05, 4.69) is 15.2 Å². The minimum Gasteiger partial charge on any atom is -0.398 e. The zero-order valence-electron chi connectivity index (χ0n) is 16.0. The first-order valence-corrected chi connectivity index (χ1v) is 9.65. The predicted octanol–water partition coefficient (Wildman–Crippen LogP) is 4.93. The largest absolute Gasteiger partial charge is 0.398 e. The molecule has 0 amide bonds. The minimum atomic E-state index is 0.118. The van der Waals surface area contributed by atoms with Gasteiger partial charge in [0.1, 0.15) is 0 Å². The van der Waals surface area contributed by atoms with E-state index in [9.17, 15) is 4.79 Å². The maximum atomic E-state index is 12.9. The normalized spacial score (nSPS) is 10.8. The molecule has 2 aromatic heterocycles. The molecule has 0 bridgehead atoms. The fraction of sp³-hybridized carbons (Fsp3) is 0.125. The highest BCUT2D eigenvalue weighted by molar-refractivity contribution is 6.02. The van der Waals surface area contributed by atoms with Crippen molar-refractivity contribution >= 4 is 11.5 Å². The minimum absolute atomic E-state index is 0.118. The third-order valence-corrected chi connectivity index (χ3v) is 4.90. The molecule has 0 radical (unpaired) electrons. The Labute approximate surface area is 169 Å². The summed E-state index contributed by atoms with van der Waals surface area (Å²) in [6.45, 7) is 0. The number of rotatable bonds is 7. The molecular weight excluding hydrogens is 360 g/mol. The van der Waals surface area contributed by atoms with E-state index < -0.39 is 0 Å². The van der Waals surface area contributed by atoms with Gasteiger partial charge in [-0.3, -0.25) is 14.9 Å². The van der Waals surface area contributed by atoms with E-state index >= 15 is 0 Å². The predicted molar refractivity (Wildman–Crippen MR) is 115 cm³/mol. The third kappa shape index (κ3) is 4.24. The van der Waals surface area contributed by atoms with Crippen LogP contribution >= 0.6 is 0 Å². The molecule has 0 unspecified atom stereocenters. The van der Waals surface area contributed by atoms with Crippen molar-refractivity contribution in [3.8, 4) is 22.5 Å². The van der Waals surface area contributed by atoms with Crippen LogP contribution in [0.3, 0.4) is 0 Å². The van der Waals surface area contributed by atoms with Crippen LogP contribution in [-0.4, -0.2) is 21.0 Å². The van der Waals surface area contributed by atoms with Gasteiger partial charge < -0.3 is 5.73 Å². The SMILES string of the molecule is Nc1ccccc1-c1cc(-c2ccccc2C(=O)CCCc2ccccn2)[nH]n1. The lowest BCUT2D eigenvalue weighted by molar-refractivity contribution is 0.0980. The average Bonchev–Trinajstić information content (AvgIpc) is 3.24. The molecule has 144 valence electrons. The Hall–Kier alpha value is -3.73. The number of carbonyl (C=O) groups is 1. The molecule has 0 atom stereocenters. The number of aromatic amines is 1. The maximum absolute atomic E-state index is 12.9. The quantitative estimate of drug-likeness (QED) is 0.351. The highest BCUT2D eigenvalue weighted by Crippen LogP contribution is 2.29. The molecule has 2 aromatic carbocycles. The number of nitrogens with zero attached hydrogens (tertiary/aromatic N) is 2. The number of benzene rings is 2. The van der Waals surface area contributed by atoms with Crippen LogP contribution in [0.25, 0.3) is 22.5 Å². The lowest BCUT2D eigenvalue weighted by atomic mass is 9.97.